The second-order valence-electron chi connectivity index (χ2n) is 7.82. The highest BCUT2D eigenvalue weighted by Gasteiger charge is 2.34. The van der Waals surface area contributed by atoms with Crippen LogP contribution in [-0.4, -0.2) is 75.1 Å². The van der Waals surface area contributed by atoms with Gasteiger partial charge in [-0.3, -0.25) is 19.3 Å². The lowest BCUT2D eigenvalue weighted by atomic mass is 10.2. The van der Waals surface area contributed by atoms with Crippen LogP contribution in [0.2, 0.25) is 0 Å². The molecule has 2 aromatic carbocycles. The summed E-state index contributed by atoms with van der Waals surface area (Å²) in [5.41, 5.74) is 0.934. The Labute approximate surface area is 220 Å². The van der Waals surface area contributed by atoms with Crippen molar-refractivity contribution in [3.8, 4) is 11.5 Å². The van der Waals surface area contributed by atoms with E-state index in [0.717, 1.165) is 16.7 Å². The van der Waals surface area contributed by atoms with Crippen molar-refractivity contribution in [2.24, 2.45) is 0 Å². The molecule has 1 fully saturated rings. The monoisotopic (exact) mass is 547 g/mol. The minimum absolute atomic E-state index is 0.00585. The fourth-order valence-corrected chi connectivity index (χ4v) is 5.98. The Bertz CT molecular complexity index is 1300. The first-order chi connectivity index (χ1) is 17.7. The first kappa shape index (κ1) is 28.2. The fourth-order valence-electron chi connectivity index (χ4n) is 3.66. The number of benzene rings is 2. The van der Waals surface area contributed by atoms with Gasteiger partial charge in [0, 0.05) is 31.7 Å². The smallest absolute Gasteiger partial charge is 0.293 e. The van der Waals surface area contributed by atoms with Gasteiger partial charge in [0.05, 0.1) is 24.0 Å². The first-order valence-corrected chi connectivity index (χ1v) is 13.8. The molecule has 0 unspecified atom stereocenters. The zero-order valence-corrected chi connectivity index (χ0v) is 22.6. The van der Waals surface area contributed by atoms with Crippen molar-refractivity contribution in [3.05, 3.63) is 58.5 Å². The van der Waals surface area contributed by atoms with Gasteiger partial charge in [-0.1, -0.05) is 19.9 Å². The van der Waals surface area contributed by atoms with Gasteiger partial charge >= 0.3 is 0 Å². The van der Waals surface area contributed by atoms with E-state index < -0.39 is 27.1 Å². The maximum Gasteiger partial charge on any atom is 0.293 e. The van der Waals surface area contributed by atoms with E-state index in [1.165, 1.54) is 42.8 Å². The van der Waals surface area contributed by atoms with Crippen LogP contribution in [0.5, 0.6) is 11.5 Å². The molecule has 0 radical (unpaired) electrons. The molecule has 0 saturated carbocycles. The summed E-state index contributed by atoms with van der Waals surface area (Å²) >= 11 is 0.818. The third kappa shape index (κ3) is 6.32. The number of sulfonamides is 1. The number of nitrogens with zero attached hydrogens (tertiary/aromatic N) is 2. The van der Waals surface area contributed by atoms with Crippen molar-refractivity contribution < 1.29 is 32.3 Å². The van der Waals surface area contributed by atoms with Crippen LogP contribution in [0.15, 0.2) is 52.3 Å². The molecule has 37 heavy (non-hydrogen) atoms. The highest BCUT2D eigenvalue weighted by molar-refractivity contribution is 8.18. The molecule has 198 valence electrons. The number of ether oxygens (including phenoxy) is 2. The summed E-state index contributed by atoms with van der Waals surface area (Å²) in [4.78, 5) is 39.1. The van der Waals surface area contributed by atoms with Crippen LogP contribution in [0, 0.1) is 0 Å². The third-order valence-electron chi connectivity index (χ3n) is 5.66. The van der Waals surface area contributed by atoms with Crippen molar-refractivity contribution in [1.82, 2.24) is 14.5 Å². The predicted molar refractivity (Wildman–Crippen MR) is 141 cm³/mol. The van der Waals surface area contributed by atoms with Crippen molar-refractivity contribution in [2.45, 2.75) is 18.7 Å². The standard InChI is InChI=1S/C25H29N3O7S2/c1-5-27(6-2)37(32,33)19-10-8-18(9-11-19)23(29)26-13-14-28-24(30)22(36-25(28)31)16-17-7-12-20(34-3)21(15-17)35-4/h7-12,15-16H,5-6,13-14H2,1-4H3,(H,26,29)/b22-16+. The zero-order chi connectivity index (χ0) is 27.2. The van der Waals surface area contributed by atoms with E-state index in [1.807, 2.05) is 0 Å². The lowest BCUT2D eigenvalue weighted by Crippen LogP contribution is -2.37. The van der Waals surface area contributed by atoms with E-state index in [-0.39, 0.29) is 28.5 Å². The largest absolute Gasteiger partial charge is 0.493 e. The molecule has 1 heterocycles. The second kappa shape index (κ2) is 12.3. The molecule has 0 atom stereocenters. The van der Waals surface area contributed by atoms with E-state index in [2.05, 4.69) is 5.32 Å². The maximum atomic E-state index is 12.8. The van der Waals surface area contributed by atoms with E-state index in [9.17, 15) is 22.8 Å². The lowest BCUT2D eigenvalue weighted by molar-refractivity contribution is -0.122. The summed E-state index contributed by atoms with van der Waals surface area (Å²) in [6.07, 6.45) is 1.60. The zero-order valence-electron chi connectivity index (χ0n) is 21.0. The van der Waals surface area contributed by atoms with Gasteiger partial charge in [0.25, 0.3) is 17.1 Å². The number of hydrogen-bond acceptors (Lipinski definition) is 8. The summed E-state index contributed by atoms with van der Waals surface area (Å²) in [5.74, 6) is 0.144. The van der Waals surface area contributed by atoms with Crippen molar-refractivity contribution >= 4 is 44.9 Å². The van der Waals surface area contributed by atoms with Gasteiger partial charge in [0.2, 0.25) is 10.0 Å². The molecule has 10 nitrogen and oxygen atoms in total. The molecule has 0 spiro atoms. The Morgan fingerprint density at radius 2 is 1.68 bits per heavy atom. The van der Waals surface area contributed by atoms with Crippen LogP contribution in [0.4, 0.5) is 4.79 Å². The topological polar surface area (TPSA) is 122 Å². The molecule has 1 aliphatic rings. The second-order valence-corrected chi connectivity index (χ2v) is 10.7. The normalized spacial score (nSPS) is 14.9. The molecule has 1 aliphatic heterocycles. The Kier molecular flexibility index (Phi) is 9.35. The van der Waals surface area contributed by atoms with Gasteiger partial charge in [-0.2, -0.15) is 4.31 Å². The number of rotatable bonds is 11. The van der Waals surface area contributed by atoms with Gasteiger partial charge < -0.3 is 14.8 Å². The summed E-state index contributed by atoms with van der Waals surface area (Å²) in [5, 5.41) is 2.23. The van der Waals surface area contributed by atoms with Crippen LogP contribution in [0.1, 0.15) is 29.8 Å². The third-order valence-corrected chi connectivity index (χ3v) is 8.63. The SMILES string of the molecule is CCN(CC)S(=O)(=O)c1ccc(C(=O)NCCN2C(=O)S/C(=C/c3ccc(OC)c(OC)c3)C2=O)cc1. The van der Waals surface area contributed by atoms with Gasteiger partial charge in [0.1, 0.15) is 0 Å². The van der Waals surface area contributed by atoms with Crippen LogP contribution in [-0.2, 0) is 14.8 Å². The summed E-state index contributed by atoms with van der Waals surface area (Å²) in [7, 11) is -0.592. The molecular weight excluding hydrogens is 518 g/mol. The highest BCUT2D eigenvalue weighted by Crippen LogP contribution is 2.34. The van der Waals surface area contributed by atoms with E-state index >= 15 is 0 Å². The minimum Gasteiger partial charge on any atom is -0.493 e. The summed E-state index contributed by atoms with van der Waals surface area (Å²) in [6, 6.07) is 10.8. The molecular formula is C25H29N3O7S2. The molecule has 0 aliphatic carbocycles. The van der Waals surface area contributed by atoms with E-state index in [0.29, 0.717) is 30.2 Å². The minimum atomic E-state index is -3.62. The number of nitrogens with one attached hydrogen (secondary N) is 1. The predicted octanol–water partition coefficient (Wildman–Crippen LogP) is 3.20. The van der Waals surface area contributed by atoms with Crippen LogP contribution in [0.3, 0.4) is 0 Å². The Morgan fingerprint density at radius 3 is 2.27 bits per heavy atom. The van der Waals surface area contributed by atoms with Gasteiger partial charge in [0.15, 0.2) is 11.5 Å². The van der Waals surface area contributed by atoms with Crippen molar-refractivity contribution in [1.29, 1.82) is 0 Å². The van der Waals surface area contributed by atoms with Crippen LogP contribution >= 0.6 is 11.8 Å². The van der Waals surface area contributed by atoms with E-state index in [1.54, 1.807) is 38.1 Å². The molecule has 0 aromatic heterocycles. The van der Waals surface area contributed by atoms with Gasteiger partial charge in [-0.25, -0.2) is 8.42 Å². The van der Waals surface area contributed by atoms with Crippen molar-refractivity contribution in [3.63, 3.8) is 0 Å². The molecule has 1 N–H and O–H groups in total. The van der Waals surface area contributed by atoms with E-state index in [4.69, 9.17) is 9.47 Å². The van der Waals surface area contributed by atoms with Gasteiger partial charge in [-0.15, -0.1) is 0 Å². The van der Waals surface area contributed by atoms with Crippen LogP contribution in [0.25, 0.3) is 6.08 Å². The molecule has 1 saturated heterocycles. The Hall–Kier alpha value is -3.35. The van der Waals surface area contributed by atoms with Gasteiger partial charge in [-0.05, 0) is 59.8 Å². The number of methoxy groups -OCH3 is 2. The first-order valence-electron chi connectivity index (χ1n) is 11.5. The average molecular weight is 548 g/mol. The number of hydrogen-bond donors (Lipinski definition) is 1. The fraction of sp³-hybridized carbons (Fsp3) is 0.320. The summed E-state index contributed by atoms with van der Waals surface area (Å²) < 4.78 is 37.0. The molecule has 2 aromatic rings. The van der Waals surface area contributed by atoms with Crippen LogP contribution < -0.4 is 14.8 Å². The molecule has 12 heteroatoms. The molecule has 3 rings (SSSR count). The summed E-state index contributed by atoms with van der Waals surface area (Å²) in [6.45, 7) is 4.24. The lowest BCUT2D eigenvalue weighted by Gasteiger charge is -2.18. The number of imide groups is 1. The van der Waals surface area contributed by atoms with Crippen molar-refractivity contribution in [2.75, 3.05) is 40.4 Å². The Morgan fingerprint density at radius 1 is 1.03 bits per heavy atom. The maximum absolute atomic E-state index is 12.8. The number of carbonyl (C=O) groups excluding carboxylic acids is 3. The number of carbonyl (C=O) groups is 3. The quantitative estimate of drug-likeness (QED) is 0.426. The molecule has 0 bridgehead atoms. The number of amides is 3. The highest BCUT2D eigenvalue weighted by atomic mass is 32.2. The average Bonchev–Trinajstić information content (AvgIpc) is 3.16. The number of thioether (sulfide) groups is 1. The molecule has 3 amide bonds. The Balaban J connectivity index is 1.60.